The predicted octanol–water partition coefficient (Wildman–Crippen LogP) is 5.93. The number of hydrogen-bond acceptors (Lipinski definition) is 6. The SMILES string of the molecule is Cc1ccc(N2C(=O)[C@H]3[C@H](CC=C4[C@H]3C[C@@]3(Cl)C(=O)N(c5ccc(F)cc5)C(=O)[C@@]3(Cl)[C@H]4c3ccc(OCCO)cc3)C2=O)cc1Cl. The molecule has 0 bridgehead atoms. The van der Waals surface area contributed by atoms with Crippen LogP contribution in [0.25, 0.3) is 0 Å². The molecule has 1 saturated carbocycles. The molecule has 1 N–H and O–H groups in total. The molecule has 12 heteroatoms. The summed E-state index contributed by atoms with van der Waals surface area (Å²) in [4.78, 5) is 54.8. The van der Waals surface area contributed by atoms with Gasteiger partial charge in [-0.1, -0.05) is 41.4 Å². The van der Waals surface area contributed by atoms with Crippen LogP contribution in [-0.2, 0) is 19.2 Å². The minimum absolute atomic E-state index is 0.0712. The zero-order chi connectivity index (χ0) is 33.4. The van der Waals surface area contributed by atoms with Gasteiger partial charge in [0.1, 0.15) is 18.2 Å². The van der Waals surface area contributed by atoms with Crippen LogP contribution in [0, 0.1) is 30.5 Å². The van der Waals surface area contributed by atoms with E-state index < -0.39 is 57.0 Å². The first kappa shape index (κ1) is 31.8. The molecule has 0 unspecified atom stereocenters. The summed E-state index contributed by atoms with van der Waals surface area (Å²) in [6, 6.07) is 16.6. The van der Waals surface area contributed by atoms with E-state index in [1.807, 2.05) is 13.0 Å². The number of amides is 4. The van der Waals surface area contributed by atoms with Crippen LogP contribution in [0.15, 0.2) is 78.4 Å². The Morgan fingerprint density at radius 3 is 2.23 bits per heavy atom. The van der Waals surface area contributed by atoms with Crippen LogP contribution in [0.1, 0.15) is 29.9 Å². The molecule has 3 fully saturated rings. The smallest absolute Gasteiger partial charge is 0.258 e. The molecule has 0 spiro atoms. The van der Waals surface area contributed by atoms with Gasteiger partial charge in [-0.25, -0.2) is 14.2 Å². The van der Waals surface area contributed by atoms with Gasteiger partial charge in [-0.2, -0.15) is 0 Å². The third kappa shape index (κ3) is 4.58. The fourth-order valence-electron chi connectivity index (χ4n) is 7.67. The van der Waals surface area contributed by atoms with E-state index in [4.69, 9.17) is 39.5 Å². The lowest BCUT2D eigenvalue weighted by Gasteiger charge is -2.50. The van der Waals surface area contributed by atoms with E-state index in [1.54, 1.807) is 42.5 Å². The molecule has 6 atom stereocenters. The first-order valence-corrected chi connectivity index (χ1v) is 16.3. The number of ether oxygens (including phenoxy) is 1. The first-order valence-electron chi connectivity index (χ1n) is 15.1. The van der Waals surface area contributed by atoms with Crippen molar-refractivity contribution in [3.8, 4) is 5.75 Å². The second-order valence-electron chi connectivity index (χ2n) is 12.3. The van der Waals surface area contributed by atoms with Crippen molar-refractivity contribution >= 4 is 69.8 Å². The fourth-order valence-corrected chi connectivity index (χ4v) is 8.78. The van der Waals surface area contributed by atoms with Gasteiger partial charge in [-0.3, -0.25) is 19.2 Å². The van der Waals surface area contributed by atoms with Crippen molar-refractivity contribution in [3.63, 3.8) is 0 Å². The minimum Gasteiger partial charge on any atom is -0.491 e. The quantitative estimate of drug-likeness (QED) is 0.195. The van der Waals surface area contributed by atoms with Crippen molar-refractivity contribution in [2.24, 2.45) is 17.8 Å². The highest BCUT2D eigenvalue weighted by Crippen LogP contribution is 2.66. The van der Waals surface area contributed by atoms with Gasteiger partial charge in [0, 0.05) is 10.9 Å². The molecule has 2 saturated heterocycles. The molecule has 3 aromatic rings. The molecule has 0 aromatic heterocycles. The van der Waals surface area contributed by atoms with Gasteiger partial charge in [0.15, 0.2) is 9.75 Å². The van der Waals surface area contributed by atoms with Gasteiger partial charge in [-0.15, -0.1) is 23.2 Å². The Hall–Kier alpha value is -3.76. The fraction of sp³-hybridized carbons (Fsp3) is 0.314. The molecular weight excluding hydrogens is 670 g/mol. The number of benzene rings is 3. The van der Waals surface area contributed by atoms with Crippen LogP contribution < -0.4 is 14.5 Å². The van der Waals surface area contributed by atoms with Crippen molar-refractivity contribution in [3.05, 3.63) is 100 Å². The van der Waals surface area contributed by atoms with Crippen molar-refractivity contribution < 1.29 is 33.4 Å². The van der Waals surface area contributed by atoms with Crippen LogP contribution in [-0.4, -0.2) is 51.7 Å². The summed E-state index contributed by atoms with van der Waals surface area (Å²) in [6.07, 6.45) is 1.86. The average molecular weight is 698 g/mol. The normalized spacial score (nSPS) is 29.9. The Labute approximate surface area is 284 Å². The Kier molecular flexibility index (Phi) is 7.75. The molecule has 2 aliphatic carbocycles. The predicted molar refractivity (Wildman–Crippen MR) is 174 cm³/mol. The molecule has 4 aliphatic rings. The molecule has 3 aromatic carbocycles. The highest BCUT2D eigenvalue weighted by atomic mass is 35.5. The third-order valence-corrected chi connectivity index (χ3v) is 11.7. The number of carbonyl (C=O) groups excluding carboxylic acids is 4. The van der Waals surface area contributed by atoms with Crippen molar-refractivity contribution in [1.29, 1.82) is 0 Å². The molecule has 8 nitrogen and oxygen atoms in total. The van der Waals surface area contributed by atoms with Crippen LogP contribution in [0.4, 0.5) is 15.8 Å². The van der Waals surface area contributed by atoms with Gasteiger partial charge in [-0.05, 0) is 85.3 Å². The molecule has 7 rings (SSSR count). The van der Waals surface area contributed by atoms with Gasteiger partial charge in [0.25, 0.3) is 11.8 Å². The van der Waals surface area contributed by atoms with Gasteiger partial charge in [0.05, 0.1) is 29.8 Å². The maximum absolute atomic E-state index is 14.4. The number of aliphatic hydroxyl groups excluding tert-OH is 1. The monoisotopic (exact) mass is 696 g/mol. The number of fused-ring (bicyclic) bond motifs is 4. The van der Waals surface area contributed by atoms with E-state index >= 15 is 0 Å². The first-order chi connectivity index (χ1) is 22.4. The zero-order valence-electron chi connectivity index (χ0n) is 25.0. The summed E-state index contributed by atoms with van der Waals surface area (Å²) >= 11 is 21.2. The van der Waals surface area contributed by atoms with Gasteiger partial charge >= 0.3 is 0 Å². The lowest BCUT2D eigenvalue weighted by Crippen LogP contribution is -2.60. The molecule has 4 amide bonds. The Bertz CT molecular complexity index is 1870. The van der Waals surface area contributed by atoms with Crippen LogP contribution >= 0.6 is 34.8 Å². The summed E-state index contributed by atoms with van der Waals surface area (Å²) < 4.78 is 19.4. The number of allylic oxidation sites excluding steroid dienone is 2. The minimum atomic E-state index is -2.04. The van der Waals surface area contributed by atoms with Crippen molar-refractivity contribution in [2.75, 3.05) is 23.0 Å². The van der Waals surface area contributed by atoms with Crippen LogP contribution in [0.5, 0.6) is 5.75 Å². The Morgan fingerprint density at radius 2 is 1.57 bits per heavy atom. The summed E-state index contributed by atoms with van der Waals surface area (Å²) in [5.74, 6) is -5.81. The molecule has 2 aliphatic heterocycles. The van der Waals surface area contributed by atoms with Gasteiger partial charge < -0.3 is 9.84 Å². The summed E-state index contributed by atoms with van der Waals surface area (Å²) in [7, 11) is 0. The van der Waals surface area contributed by atoms with Crippen LogP contribution in [0.2, 0.25) is 5.02 Å². The number of halogens is 4. The van der Waals surface area contributed by atoms with E-state index in [0.29, 0.717) is 27.6 Å². The van der Waals surface area contributed by atoms with E-state index in [2.05, 4.69) is 0 Å². The van der Waals surface area contributed by atoms with Crippen LogP contribution in [0.3, 0.4) is 0 Å². The number of anilines is 2. The van der Waals surface area contributed by atoms with Gasteiger partial charge in [0.2, 0.25) is 11.8 Å². The number of hydrogen-bond donors (Lipinski definition) is 1. The standard InChI is InChI=1S/C35H28Cl3FN2O6/c1-18-2-7-22(16-27(18)36)40-30(43)25-13-12-24-26(28(25)31(40)44)17-34(37)32(45)41(21-8-5-20(39)6-9-21)33(46)35(34,38)29(24)19-3-10-23(11-4-19)47-15-14-42/h2-12,16,25-26,28-29,42H,13-15,17H2,1H3/t25-,26+,28-,29-,34+,35-/m0/s1. The largest absolute Gasteiger partial charge is 0.491 e. The van der Waals surface area contributed by atoms with E-state index in [9.17, 15) is 28.7 Å². The lowest BCUT2D eigenvalue weighted by atomic mass is 9.56. The topological polar surface area (TPSA) is 104 Å². The summed E-state index contributed by atoms with van der Waals surface area (Å²) in [5, 5.41) is 9.59. The van der Waals surface area contributed by atoms with E-state index in [1.165, 1.54) is 12.1 Å². The van der Waals surface area contributed by atoms with E-state index in [0.717, 1.165) is 27.5 Å². The number of rotatable bonds is 6. The average Bonchev–Trinajstić information content (AvgIpc) is 3.40. The molecule has 2 heterocycles. The number of imide groups is 2. The number of aryl methyl sites for hydroxylation is 1. The lowest BCUT2D eigenvalue weighted by molar-refractivity contribution is -0.125. The molecular formula is C35H28Cl3FN2O6. The maximum Gasteiger partial charge on any atom is 0.258 e. The molecule has 242 valence electrons. The molecule has 0 radical (unpaired) electrons. The number of aliphatic hydroxyl groups is 1. The van der Waals surface area contributed by atoms with Crippen molar-refractivity contribution in [1.82, 2.24) is 0 Å². The Balaban J connectivity index is 1.36. The number of nitrogens with zero attached hydrogens (tertiary/aromatic N) is 2. The third-order valence-electron chi connectivity index (χ3n) is 9.88. The Morgan fingerprint density at radius 1 is 0.894 bits per heavy atom. The highest BCUT2D eigenvalue weighted by Gasteiger charge is 2.76. The highest BCUT2D eigenvalue weighted by molar-refractivity contribution is 6.58. The van der Waals surface area contributed by atoms with E-state index in [-0.39, 0.29) is 37.6 Å². The maximum atomic E-state index is 14.4. The number of alkyl halides is 2. The molecule has 47 heavy (non-hydrogen) atoms. The second kappa shape index (κ2) is 11.4. The summed E-state index contributed by atoms with van der Waals surface area (Å²) in [5.41, 5.74) is 2.41. The second-order valence-corrected chi connectivity index (χ2v) is 14.0. The van der Waals surface area contributed by atoms with Crippen molar-refractivity contribution in [2.45, 2.75) is 35.4 Å². The summed E-state index contributed by atoms with van der Waals surface area (Å²) in [6.45, 7) is 1.70. The number of carbonyl (C=O) groups is 4. The zero-order valence-corrected chi connectivity index (χ0v) is 27.2.